The van der Waals surface area contributed by atoms with Gasteiger partial charge in [0.05, 0.1) is 12.7 Å². The molecule has 2 aromatic carbocycles. The van der Waals surface area contributed by atoms with Gasteiger partial charge in [-0.25, -0.2) is 4.39 Å². The molecule has 1 unspecified atom stereocenters. The predicted octanol–water partition coefficient (Wildman–Crippen LogP) is 3.70. The molecule has 114 valence electrons. The Kier molecular flexibility index (Phi) is 4.20. The Labute approximate surface area is 129 Å². The number of amidine groups is 1. The molecule has 0 heterocycles. The molecule has 0 radical (unpaired) electrons. The summed E-state index contributed by atoms with van der Waals surface area (Å²) in [5.74, 6) is -0.510. The van der Waals surface area contributed by atoms with Crippen molar-refractivity contribution in [3.8, 4) is 0 Å². The highest BCUT2D eigenvalue weighted by atomic mass is 19.1. The Morgan fingerprint density at radius 2 is 2.09 bits per heavy atom. The van der Waals surface area contributed by atoms with Crippen molar-refractivity contribution in [2.24, 2.45) is 5.73 Å². The average molecular weight is 298 g/mol. The highest BCUT2D eigenvalue weighted by Gasteiger charge is 2.20. The van der Waals surface area contributed by atoms with Gasteiger partial charge in [0, 0.05) is 11.1 Å². The first kappa shape index (κ1) is 14.7. The summed E-state index contributed by atoms with van der Waals surface area (Å²) >= 11 is 0. The van der Waals surface area contributed by atoms with Gasteiger partial charge in [-0.1, -0.05) is 36.4 Å². The molecule has 0 saturated heterocycles. The van der Waals surface area contributed by atoms with Crippen LogP contribution in [0.4, 0.5) is 4.39 Å². The molecule has 0 amide bonds. The molecule has 22 heavy (non-hydrogen) atoms. The summed E-state index contributed by atoms with van der Waals surface area (Å²) in [5, 5.41) is 7.33. The van der Waals surface area contributed by atoms with E-state index in [-0.39, 0.29) is 24.4 Å². The maximum Gasteiger partial charge on any atom is 0.129 e. The van der Waals surface area contributed by atoms with E-state index in [2.05, 4.69) is 12.1 Å². The lowest BCUT2D eigenvalue weighted by molar-refractivity contribution is 0.0268. The number of nitrogens with one attached hydrogen (secondary N) is 1. The monoisotopic (exact) mass is 298 g/mol. The van der Waals surface area contributed by atoms with Gasteiger partial charge in [0.25, 0.3) is 0 Å². The lowest BCUT2D eigenvalue weighted by Crippen LogP contribution is -2.14. The Morgan fingerprint density at radius 3 is 2.86 bits per heavy atom. The molecule has 1 atom stereocenters. The van der Waals surface area contributed by atoms with Crippen LogP contribution >= 0.6 is 0 Å². The Balaban J connectivity index is 1.72. The number of benzene rings is 2. The second-order valence-electron chi connectivity index (χ2n) is 5.61. The fourth-order valence-corrected chi connectivity index (χ4v) is 2.90. The standard InChI is InChI=1S/C18H19FN2O/c19-16-10-13(18(20)21)8-9-14(16)11-22-17-7-3-5-12-4-1-2-6-15(12)17/h1-2,4,6,8-10,17H,3,5,7,11H2,(H3,20,21). The maximum atomic E-state index is 14.0. The molecule has 0 aromatic heterocycles. The first-order valence-corrected chi connectivity index (χ1v) is 7.47. The average Bonchev–Trinajstić information content (AvgIpc) is 2.53. The molecule has 3 rings (SSSR count). The molecule has 2 aromatic rings. The summed E-state index contributed by atoms with van der Waals surface area (Å²) in [6.45, 7) is 0.225. The normalized spacial score (nSPS) is 17.0. The zero-order valence-electron chi connectivity index (χ0n) is 12.3. The summed E-state index contributed by atoms with van der Waals surface area (Å²) in [6, 6.07) is 12.9. The molecule has 0 saturated carbocycles. The summed E-state index contributed by atoms with van der Waals surface area (Å²) in [4.78, 5) is 0. The number of fused-ring (bicyclic) bond motifs is 1. The van der Waals surface area contributed by atoms with Gasteiger partial charge in [0.2, 0.25) is 0 Å². The van der Waals surface area contributed by atoms with E-state index in [0.29, 0.717) is 11.1 Å². The van der Waals surface area contributed by atoms with E-state index >= 15 is 0 Å². The van der Waals surface area contributed by atoms with Crippen molar-refractivity contribution in [1.29, 1.82) is 5.41 Å². The highest BCUT2D eigenvalue weighted by molar-refractivity contribution is 5.94. The largest absolute Gasteiger partial charge is 0.384 e. The molecule has 1 aliphatic carbocycles. The SMILES string of the molecule is N=C(N)c1ccc(COC2CCCc3ccccc32)c(F)c1. The van der Waals surface area contributed by atoms with Gasteiger partial charge in [-0.3, -0.25) is 5.41 Å². The van der Waals surface area contributed by atoms with Crippen LogP contribution in [0.5, 0.6) is 0 Å². The molecule has 0 aliphatic heterocycles. The summed E-state index contributed by atoms with van der Waals surface area (Å²) in [7, 11) is 0. The first-order chi connectivity index (χ1) is 10.6. The fourth-order valence-electron chi connectivity index (χ4n) is 2.90. The molecule has 4 heteroatoms. The molecular weight excluding hydrogens is 279 g/mol. The van der Waals surface area contributed by atoms with E-state index < -0.39 is 0 Å². The summed E-state index contributed by atoms with van der Waals surface area (Å²) < 4.78 is 20.0. The van der Waals surface area contributed by atoms with Crippen LogP contribution < -0.4 is 5.73 Å². The van der Waals surface area contributed by atoms with E-state index in [1.54, 1.807) is 12.1 Å². The molecule has 3 nitrogen and oxygen atoms in total. The number of ether oxygens (including phenoxy) is 1. The number of halogens is 1. The second-order valence-corrected chi connectivity index (χ2v) is 5.61. The van der Waals surface area contributed by atoms with Crippen LogP contribution in [0.2, 0.25) is 0 Å². The van der Waals surface area contributed by atoms with Crippen LogP contribution in [-0.2, 0) is 17.8 Å². The van der Waals surface area contributed by atoms with Gasteiger partial charge in [-0.2, -0.15) is 0 Å². The van der Waals surface area contributed by atoms with Crippen LogP contribution in [0, 0.1) is 11.2 Å². The minimum Gasteiger partial charge on any atom is -0.384 e. The van der Waals surface area contributed by atoms with Gasteiger partial charge >= 0.3 is 0 Å². The number of rotatable bonds is 4. The zero-order chi connectivity index (χ0) is 15.5. The molecule has 1 aliphatic rings. The van der Waals surface area contributed by atoms with Crippen molar-refractivity contribution in [1.82, 2.24) is 0 Å². The number of hydrogen-bond acceptors (Lipinski definition) is 2. The minimum atomic E-state index is -0.378. The van der Waals surface area contributed by atoms with Crippen molar-refractivity contribution in [3.05, 3.63) is 70.5 Å². The number of nitrogen functional groups attached to an aromatic ring is 1. The third-order valence-corrected chi connectivity index (χ3v) is 4.12. The Bertz CT molecular complexity index is 699. The third-order valence-electron chi connectivity index (χ3n) is 4.12. The quantitative estimate of drug-likeness (QED) is 0.668. The van der Waals surface area contributed by atoms with Gasteiger partial charge in [0.1, 0.15) is 11.7 Å². The van der Waals surface area contributed by atoms with E-state index in [1.807, 2.05) is 12.1 Å². The van der Waals surface area contributed by atoms with E-state index in [0.717, 1.165) is 19.3 Å². The fraction of sp³-hybridized carbons (Fsp3) is 0.278. The van der Waals surface area contributed by atoms with Crippen LogP contribution in [-0.4, -0.2) is 5.84 Å². The van der Waals surface area contributed by atoms with Crippen molar-refractivity contribution in [2.45, 2.75) is 32.0 Å². The van der Waals surface area contributed by atoms with Crippen molar-refractivity contribution in [2.75, 3.05) is 0 Å². The third kappa shape index (κ3) is 3.02. The lowest BCUT2D eigenvalue weighted by Gasteiger charge is -2.25. The van der Waals surface area contributed by atoms with E-state index in [4.69, 9.17) is 15.9 Å². The van der Waals surface area contributed by atoms with Gasteiger partial charge in [-0.05, 0) is 36.5 Å². The summed E-state index contributed by atoms with van der Waals surface area (Å²) in [5.41, 5.74) is 8.79. The second kappa shape index (κ2) is 6.28. The molecular formula is C18H19FN2O. The number of aryl methyl sites for hydroxylation is 1. The lowest BCUT2D eigenvalue weighted by atomic mass is 9.89. The molecule has 0 fully saturated rings. The van der Waals surface area contributed by atoms with E-state index in [9.17, 15) is 4.39 Å². The maximum absolute atomic E-state index is 14.0. The Morgan fingerprint density at radius 1 is 1.27 bits per heavy atom. The van der Waals surface area contributed by atoms with Crippen LogP contribution in [0.1, 0.15) is 41.2 Å². The van der Waals surface area contributed by atoms with Crippen LogP contribution in [0.15, 0.2) is 42.5 Å². The van der Waals surface area contributed by atoms with Crippen molar-refractivity contribution < 1.29 is 9.13 Å². The van der Waals surface area contributed by atoms with Crippen molar-refractivity contribution >= 4 is 5.84 Å². The molecule has 0 bridgehead atoms. The van der Waals surface area contributed by atoms with Gasteiger partial charge < -0.3 is 10.5 Å². The highest BCUT2D eigenvalue weighted by Crippen LogP contribution is 2.33. The van der Waals surface area contributed by atoms with Gasteiger partial charge in [0.15, 0.2) is 0 Å². The molecule has 0 spiro atoms. The van der Waals surface area contributed by atoms with E-state index in [1.165, 1.54) is 17.2 Å². The first-order valence-electron chi connectivity index (χ1n) is 7.47. The zero-order valence-corrected chi connectivity index (χ0v) is 12.3. The van der Waals surface area contributed by atoms with Crippen LogP contribution in [0.3, 0.4) is 0 Å². The predicted molar refractivity (Wildman–Crippen MR) is 84.3 cm³/mol. The summed E-state index contributed by atoms with van der Waals surface area (Å²) in [6.07, 6.45) is 3.16. The number of nitrogens with two attached hydrogens (primary N) is 1. The smallest absolute Gasteiger partial charge is 0.129 e. The topological polar surface area (TPSA) is 59.1 Å². The number of hydrogen-bond donors (Lipinski definition) is 2. The Hall–Kier alpha value is -2.20. The molecule has 3 N–H and O–H groups in total. The van der Waals surface area contributed by atoms with Gasteiger partial charge in [-0.15, -0.1) is 0 Å². The van der Waals surface area contributed by atoms with Crippen molar-refractivity contribution in [3.63, 3.8) is 0 Å². The minimum absolute atomic E-state index is 0.0248. The van der Waals surface area contributed by atoms with Crippen LogP contribution in [0.25, 0.3) is 0 Å².